The van der Waals surface area contributed by atoms with Crippen molar-refractivity contribution in [1.29, 1.82) is 0 Å². The number of hydrogen-bond acceptors (Lipinski definition) is 4. The number of benzene rings is 4. The Morgan fingerprint density at radius 3 is 1.77 bits per heavy atom. The van der Waals surface area contributed by atoms with Gasteiger partial charge in [0, 0.05) is 5.41 Å². The molecule has 4 aromatic rings. The highest BCUT2D eigenvalue weighted by Gasteiger charge is 2.34. The first-order chi connectivity index (χ1) is 14.5. The molecular weight excluding hydrogens is 376 g/mol. The van der Waals surface area contributed by atoms with Crippen molar-refractivity contribution in [3.63, 3.8) is 0 Å². The molecule has 0 aliphatic rings. The van der Waals surface area contributed by atoms with Crippen molar-refractivity contribution in [3.8, 4) is 23.0 Å². The molecule has 2 N–H and O–H groups in total. The third-order valence-corrected chi connectivity index (χ3v) is 5.84. The predicted molar refractivity (Wildman–Crippen MR) is 119 cm³/mol. The largest absolute Gasteiger partial charge is 0.504 e. The molecule has 0 aliphatic heterocycles. The van der Waals surface area contributed by atoms with Crippen LogP contribution in [0.25, 0.3) is 10.8 Å². The quantitative estimate of drug-likeness (QED) is 0.427. The molecule has 0 fully saturated rings. The molecule has 0 unspecified atom stereocenters. The van der Waals surface area contributed by atoms with Crippen LogP contribution in [-0.4, -0.2) is 24.4 Å². The first-order valence-corrected chi connectivity index (χ1v) is 9.72. The second-order valence-corrected chi connectivity index (χ2v) is 7.42. The number of phenols is 2. The maximum absolute atomic E-state index is 10.2. The molecule has 0 heterocycles. The van der Waals surface area contributed by atoms with E-state index in [-0.39, 0.29) is 11.5 Å². The number of hydrogen-bond donors (Lipinski definition) is 2. The first kappa shape index (κ1) is 19.6. The van der Waals surface area contributed by atoms with Crippen LogP contribution >= 0.6 is 0 Å². The molecular formula is C26H24O4. The van der Waals surface area contributed by atoms with Gasteiger partial charge in [-0.25, -0.2) is 0 Å². The van der Waals surface area contributed by atoms with E-state index in [4.69, 9.17) is 9.47 Å². The second-order valence-electron chi connectivity index (χ2n) is 7.42. The molecule has 0 saturated carbocycles. The van der Waals surface area contributed by atoms with E-state index in [1.165, 1.54) is 14.2 Å². The summed E-state index contributed by atoms with van der Waals surface area (Å²) in [5.74, 6) is 0.990. The lowest BCUT2D eigenvalue weighted by atomic mass is 9.69. The second kappa shape index (κ2) is 7.64. The average molecular weight is 400 g/mol. The predicted octanol–water partition coefficient (Wildman–Crippen LogP) is 5.62. The monoisotopic (exact) mass is 400 g/mol. The Hall–Kier alpha value is -3.66. The fourth-order valence-corrected chi connectivity index (χ4v) is 4.12. The molecule has 4 nitrogen and oxygen atoms in total. The zero-order valence-electron chi connectivity index (χ0n) is 17.2. The van der Waals surface area contributed by atoms with Gasteiger partial charge in [0.1, 0.15) is 0 Å². The summed E-state index contributed by atoms with van der Waals surface area (Å²) in [6.07, 6.45) is 0. The van der Waals surface area contributed by atoms with Crippen molar-refractivity contribution in [2.75, 3.05) is 14.2 Å². The third kappa shape index (κ3) is 3.11. The molecule has 0 radical (unpaired) electrons. The van der Waals surface area contributed by atoms with E-state index >= 15 is 0 Å². The number of ether oxygens (including phenoxy) is 2. The van der Waals surface area contributed by atoms with E-state index in [1.807, 2.05) is 42.5 Å². The van der Waals surface area contributed by atoms with Crippen molar-refractivity contribution in [1.82, 2.24) is 0 Å². The van der Waals surface area contributed by atoms with Gasteiger partial charge >= 0.3 is 0 Å². The number of phenolic OH excluding ortho intramolecular Hbond substituents is 2. The molecule has 4 heteroatoms. The highest BCUT2D eigenvalue weighted by Crippen LogP contribution is 2.45. The molecule has 0 amide bonds. The lowest BCUT2D eigenvalue weighted by molar-refractivity contribution is 0.371. The van der Waals surface area contributed by atoms with Gasteiger partial charge in [-0.2, -0.15) is 0 Å². The number of aromatic hydroxyl groups is 2. The molecule has 4 rings (SSSR count). The van der Waals surface area contributed by atoms with Crippen molar-refractivity contribution >= 4 is 10.8 Å². The Morgan fingerprint density at radius 1 is 0.667 bits per heavy atom. The number of methoxy groups -OCH3 is 2. The van der Waals surface area contributed by atoms with Gasteiger partial charge in [0.05, 0.1) is 14.2 Å². The summed E-state index contributed by atoms with van der Waals surface area (Å²) in [7, 11) is 3.08. The number of fused-ring (bicyclic) bond motifs is 1. The molecule has 0 spiro atoms. The lowest BCUT2D eigenvalue weighted by Crippen LogP contribution is -2.26. The van der Waals surface area contributed by atoms with E-state index in [1.54, 1.807) is 12.1 Å². The minimum Gasteiger partial charge on any atom is -0.504 e. The summed E-state index contributed by atoms with van der Waals surface area (Å²) < 4.78 is 10.8. The Bertz CT molecular complexity index is 1150. The standard InChI is InChI=1S/C26H24O4/c1-26(18-11-13-22(27)24(15-18)29-2,19-12-14-23(28)25(16-19)30-3)21-10-6-8-17-7-4-5-9-20(17)21/h4-16,27-28H,1-3H3. The van der Waals surface area contributed by atoms with E-state index in [9.17, 15) is 10.2 Å². The van der Waals surface area contributed by atoms with Crippen LogP contribution in [0.5, 0.6) is 23.0 Å². The van der Waals surface area contributed by atoms with Crippen molar-refractivity contribution < 1.29 is 19.7 Å². The van der Waals surface area contributed by atoms with E-state index in [2.05, 4.69) is 31.2 Å². The fraction of sp³-hybridized carbons (Fsp3) is 0.154. The molecule has 30 heavy (non-hydrogen) atoms. The van der Waals surface area contributed by atoms with Crippen LogP contribution in [0.3, 0.4) is 0 Å². The topological polar surface area (TPSA) is 58.9 Å². The minimum atomic E-state index is -0.608. The van der Waals surface area contributed by atoms with Crippen LogP contribution < -0.4 is 9.47 Å². The van der Waals surface area contributed by atoms with Gasteiger partial charge in [-0.05, 0) is 58.7 Å². The van der Waals surface area contributed by atoms with Gasteiger partial charge in [0.2, 0.25) is 0 Å². The maximum atomic E-state index is 10.2. The van der Waals surface area contributed by atoms with Gasteiger partial charge in [0.25, 0.3) is 0 Å². The Balaban J connectivity index is 2.07. The summed E-state index contributed by atoms with van der Waals surface area (Å²) in [6.45, 7) is 2.13. The van der Waals surface area contributed by atoms with Crippen molar-refractivity contribution in [2.45, 2.75) is 12.3 Å². The summed E-state index contributed by atoms with van der Waals surface area (Å²) in [6, 6.07) is 25.3. The summed E-state index contributed by atoms with van der Waals surface area (Å²) in [5, 5.41) is 22.6. The summed E-state index contributed by atoms with van der Waals surface area (Å²) >= 11 is 0. The highest BCUT2D eigenvalue weighted by atomic mass is 16.5. The van der Waals surface area contributed by atoms with Crippen molar-refractivity contribution in [2.24, 2.45) is 0 Å². The maximum Gasteiger partial charge on any atom is 0.160 e. The Kier molecular flexibility index (Phi) is 5.00. The SMILES string of the molecule is COc1cc(C(C)(c2ccc(O)c(OC)c2)c2cccc3ccccc23)ccc1O. The van der Waals surface area contributed by atoms with Crippen LogP contribution in [-0.2, 0) is 5.41 Å². The third-order valence-electron chi connectivity index (χ3n) is 5.84. The van der Waals surface area contributed by atoms with Crippen LogP contribution in [0.1, 0.15) is 23.6 Å². The Labute approximate surface area is 176 Å². The molecule has 0 atom stereocenters. The van der Waals surface area contributed by atoms with E-state index < -0.39 is 5.41 Å². The molecule has 0 bridgehead atoms. The van der Waals surface area contributed by atoms with Crippen LogP contribution in [0.2, 0.25) is 0 Å². The summed E-state index contributed by atoms with van der Waals surface area (Å²) in [4.78, 5) is 0. The highest BCUT2D eigenvalue weighted by molar-refractivity contribution is 5.88. The molecule has 152 valence electrons. The average Bonchev–Trinajstić information content (AvgIpc) is 2.78. The smallest absolute Gasteiger partial charge is 0.160 e. The zero-order valence-corrected chi connectivity index (χ0v) is 17.2. The molecule has 0 aromatic heterocycles. The van der Waals surface area contributed by atoms with Crippen LogP contribution in [0.15, 0.2) is 78.9 Å². The van der Waals surface area contributed by atoms with Crippen molar-refractivity contribution in [3.05, 3.63) is 95.6 Å². The Morgan fingerprint density at radius 2 is 1.20 bits per heavy atom. The summed E-state index contributed by atoms with van der Waals surface area (Å²) in [5.41, 5.74) is 2.38. The van der Waals surface area contributed by atoms with Gasteiger partial charge in [0.15, 0.2) is 23.0 Å². The fourth-order valence-electron chi connectivity index (χ4n) is 4.12. The first-order valence-electron chi connectivity index (χ1n) is 9.72. The lowest BCUT2D eigenvalue weighted by Gasteiger charge is -2.33. The van der Waals surface area contributed by atoms with E-state index in [0.29, 0.717) is 11.5 Å². The minimum absolute atomic E-state index is 0.0878. The molecule has 0 aliphatic carbocycles. The van der Waals surface area contributed by atoms with E-state index in [0.717, 1.165) is 27.5 Å². The van der Waals surface area contributed by atoms with Crippen LogP contribution in [0, 0.1) is 0 Å². The van der Waals surface area contributed by atoms with Gasteiger partial charge in [-0.15, -0.1) is 0 Å². The molecule has 0 saturated heterocycles. The molecule has 4 aromatic carbocycles. The van der Waals surface area contributed by atoms with Crippen LogP contribution in [0.4, 0.5) is 0 Å². The van der Waals surface area contributed by atoms with Gasteiger partial charge < -0.3 is 19.7 Å². The normalized spacial score (nSPS) is 11.4. The number of rotatable bonds is 5. The van der Waals surface area contributed by atoms with Gasteiger partial charge in [-0.1, -0.05) is 54.6 Å². The van der Waals surface area contributed by atoms with Gasteiger partial charge in [-0.3, -0.25) is 0 Å². The zero-order chi connectivity index (χ0) is 21.3.